The summed E-state index contributed by atoms with van der Waals surface area (Å²) in [5.41, 5.74) is 1.48. The van der Waals surface area contributed by atoms with Crippen LogP contribution in [0.2, 0.25) is 0 Å². The largest absolute Gasteiger partial charge is 0.497 e. The molecule has 3 aromatic rings. The molecule has 6 nitrogen and oxygen atoms in total. The van der Waals surface area contributed by atoms with Crippen molar-refractivity contribution >= 4 is 15.7 Å². The molecule has 0 aliphatic carbocycles. The highest BCUT2D eigenvalue weighted by atomic mass is 32.2. The minimum atomic E-state index is -3.82. The lowest BCUT2D eigenvalue weighted by Crippen LogP contribution is -2.27. The maximum absolute atomic E-state index is 13.2. The van der Waals surface area contributed by atoms with Crippen LogP contribution < -0.4 is 4.74 Å². The monoisotopic (exact) mass is 382 g/mol. The SMILES string of the molecule is COc1cccc(C2=NN(S(=O)(=O)c3ccccc3)C(c3ccco3)C2)c1. The lowest BCUT2D eigenvalue weighted by molar-refractivity contribution is 0.320. The van der Waals surface area contributed by atoms with Crippen LogP contribution in [-0.2, 0) is 10.0 Å². The van der Waals surface area contributed by atoms with Gasteiger partial charge in [-0.15, -0.1) is 0 Å². The summed E-state index contributed by atoms with van der Waals surface area (Å²) in [6, 6.07) is 18.7. The minimum absolute atomic E-state index is 0.192. The van der Waals surface area contributed by atoms with Crippen LogP contribution in [0.1, 0.15) is 23.8 Å². The van der Waals surface area contributed by atoms with E-state index >= 15 is 0 Å². The van der Waals surface area contributed by atoms with E-state index in [1.54, 1.807) is 49.6 Å². The maximum atomic E-state index is 13.2. The first-order valence-corrected chi connectivity index (χ1v) is 9.88. The topological polar surface area (TPSA) is 72.1 Å². The van der Waals surface area contributed by atoms with E-state index in [0.717, 1.165) is 9.98 Å². The number of sulfonamides is 1. The Morgan fingerprint density at radius 2 is 1.89 bits per heavy atom. The van der Waals surface area contributed by atoms with Crippen LogP contribution in [0.25, 0.3) is 0 Å². The summed E-state index contributed by atoms with van der Waals surface area (Å²) in [5, 5.41) is 4.47. The standard InChI is InChI=1S/C20H18N2O4S/c1-25-16-8-5-7-15(13-16)18-14-19(20-11-6-12-26-20)22(21-18)27(23,24)17-9-3-2-4-10-17/h2-13,19H,14H2,1H3. The van der Waals surface area contributed by atoms with Crippen LogP contribution in [0.5, 0.6) is 5.75 Å². The van der Waals surface area contributed by atoms with E-state index < -0.39 is 16.1 Å². The summed E-state index contributed by atoms with van der Waals surface area (Å²) in [5.74, 6) is 1.24. The predicted molar refractivity (Wildman–Crippen MR) is 101 cm³/mol. The van der Waals surface area contributed by atoms with Crippen molar-refractivity contribution in [3.05, 3.63) is 84.3 Å². The normalized spacial score (nSPS) is 17.0. The Bertz CT molecular complexity index is 1060. The molecule has 0 saturated heterocycles. The number of ether oxygens (including phenoxy) is 1. The van der Waals surface area contributed by atoms with Gasteiger partial charge in [-0.25, -0.2) is 0 Å². The molecule has 0 spiro atoms. The van der Waals surface area contributed by atoms with Gasteiger partial charge in [-0.05, 0) is 36.4 Å². The summed E-state index contributed by atoms with van der Waals surface area (Å²) in [6.07, 6.45) is 1.94. The Hall–Kier alpha value is -3.06. The molecule has 1 atom stereocenters. The number of hydrogen-bond acceptors (Lipinski definition) is 5. The molecular weight excluding hydrogens is 364 g/mol. The lowest BCUT2D eigenvalue weighted by atomic mass is 10.0. The molecule has 0 saturated carbocycles. The van der Waals surface area contributed by atoms with E-state index in [-0.39, 0.29) is 4.90 Å². The molecule has 0 fully saturated rings. The quantitative estimate of drug-likeness (QED) is 0.672. The maximum Gasteiger partial charge on any atom is 0.279 e. The second kappa shape index (κ2) is 6.92. The molecule has 0 radical (unpaired) electrons. The third-order valence-corrected chi connectivity index (χ3v) is 6.13. The molecule has 2 aromatic carbocycles. The molecule has 0 bridgehead atoms. The molecule has 138 valence electrons. The van der Waals surface area contributed by atoms with E-state index in [9.17, 15) is 8.42 Å². The Morgan fingerprint density at radius 3 is 2.59 bits per heavy atom. The molecular formula is C20H18N2O4S. The summed E-state index contributed by atoms with van der Waals surface area (Å²) in [6.45, 7) is 0. The van der Waals surface area contributed by atoms with Crippen molar-refractivity contribution in [1.82, 2.24) is 4.41 Å². The molecule has 0 N–H and O–H groups in total. The zero-order chi connectivity index (χ0) is 18.9. The molecule has 1 aliphatic rings. The fourth-order valence-electron chi connectivity index (χ4n) is 3.08. The minimum Gasteiger partial charge on any atom is -0.497 e. The first-order chi connectivity index (χ1) is 13.1. The summed E-state index contributed by atoms with van der Waals surface area (Å²) >= 11 is 0. The fraction of sp³-hybridized carbons (Fsp3) is 0.150. The van der Waals surface area contributed by atoms with Gasteiger partial charge in [0.1, 0.15) is 17.6 Å². The highest BCUT2D eigenvalue weighted by Gasteiger charge is 2.39. The van der Waals surface area contributed by atoms with Crippen molar-refractivity contribution in [1.29, 1.82) is 0 Å². The van der Waals surface area contributed by atoms with Crippen LogP contribution in [-0.4, -0.2) is 25.7 Å². The van der Waals surface area contributed by atoms with Crippen LogP contribution in [0.15, 0.2) is 87.4 Å². The average molecular weight is 382 g/mol. The van der Waals surface area contributed by atoms with Crippen molar-refractivity contribution in [3.8, 4) is 5.75 Å². The summed E-state index contributed by atoms with van der Waals surface area (Å²) in [4.78, 5) is 0.192. The van der Waals surface area contributed by atoms with Crippen molar-refractivity contribution < 1.29 is 17.6 Å². The Kier molecular flexibility index (Phi) is 4.45. The van der Waals surface area contributed by atoms with Crippen LogP contribution in [0, 0.1) is 0 Å². The highest BCUT2D eigenvalue weighted by molar-refractivity contribution is 7.89. The van der Waals surface area contributed by atoms with Crippen LogP contribution in [0.4, 0.5) is 0 Å². The van der Waals surface area contributed by atoms with Crippen LogP contribution in [0.3, 0.4) is 0 Å². The molecule has 7 heteroatoms. The lowest BCUT2D eigenvalue weighted by Gasteiger charge is -2.21. The molecule has 2 heterocycles. The van der Waals surface area contributed by atoms with Gasteiger partial charge in [0.2, 0.25) is 0 Å². The summed E-state index contributed by atoms with van der Waals surface area (Å²) in [7, 11) is -2.23. The zero-order valence-corrected chi connectivity index (χ0v) is 15.5. The smallest absolute Gasteiger partial charge is 0.279 e. The Balaban J connectivity index is 1.79. The van der Waals surface area contributed by atoms with Crippen molar-refractivity contribution in [3.63, 3.8) is 0 Å². The molecule has 1 aromatic heterocycles. The molecule has 4 rings (SSSR count). The second-order valence-electron chi connectivity index (χ2n) is 6.10. The van der Waals surface area contributed by atoms with E-state index in [1.165, 1.54) is 6.26 Å². The molecule has 27 heavy (non-hydrogen) atoms. The fourth-order valence-corrected chi connectivity index (χ4v) is 4.52. The summed E-state index contributed by atoms with van der Waals surface area (Å²) < 4.78 is 38.3. The highest BCUT2D eigenvalue weighted by Crippen LogP contribution is 2.37. The number of hydrogen-bond donors (Lipinski definition) is 0. The van der Waals surface area contributed by atoms with Crippen molar-refractivity contribution in [2.45, 2.75) is 17.4 Å². The van der Waals surface area contributed by atoms with Gasteiger partial charge in [-0.2, -0.15) is 17.9 Å². The third kappa shape index (κ3) is 3.21. The molecule has 1 aliphatic heterocycles. The third-order valence-electron chi connectivity index (χ3n) is 4.43. The number of nitrogens with zero attached hydrogens (tertiary/aromatic N) is 2. The average Bonchev–Trinajstić information content (AvgIpc) is 3.38. The van der Waals surface area contributed by atoms with Gasteiger partial charge in [0.05, 0.1) is 24.0 Å². The van der Waals surface area contributed by atoms with Gasteiger partial charge in [-0.1, -0.05) is 30.3 Å². The first-order valence-electron chi connectivity index (χ1n) is 8.44. The van der Waals surface area contributed by atoms with E-state index in [0.29, 0.717) is 23.6 Å². The molecule has 1 unspecified atom stereocenters. The van der Waals surface area contributed by atoms with Gasteiger partial charge in [0.25, 0.3) is 10.0 Å². The van der Waals surface area contributed by atoms with Gasteiger partial charge in [0, 0.05) is 12.0 Å². The Morgan fingerprint density at radius 1 is 1.07 bits per heavy atom. The van der Waals surface area contributed by atoms with Crippen molar-refractivity contribution in [2.24, 2.45) is 5.10 Å². The number of hydrazone groups is 1. The first kappa shape index (κ1) is 17.4. The van der Waals surface area contributed by atoms with Gasteiger partial charge >= 0.3 is 0 Å². The van der Waals surface area contributed by atoms with Gasteiger partial charge in [-0.3, -0.25) is 0 Å². The van der Waals surface area contributed by atoms with E-state index in [4.69, 9.17) is 9.15 Å². The number of furan rings is 1. The van der Waals surface area contributed by atoms with Crippen molar-refractivity contribution in [2.75, 3.05) is 7.11 Å². The number of rotatable bonds is 5. The number of benzene rings is 2. The second-order valence-corrected chi connectivity index (χ2v) is 7.90. The van der Waals surface area contributed by atoms with Crippen LogP contribution >= 0.6 is 0 Å². The molecule has 0 amide bonds. The number of methoxy groups -OCH3 is 1. The van der Waals surface area contributed by atoms with Gasteiger partial charge < -0.3 is 9.15 Å². The van der Waals surface area contributed by atoms with E-state index in [2.05, 4.69) is 5.10 Å². The van der Waals surface area contributed by atoms with Gasteiger partial charge in [0.15, 0.2) is 0 Å². The Labute approximate surface area is 157 Å². The predicted octanol–water partition coefficient (Wildman–Crippen LogP) is 3.83. The van der Waals surface area contributed by atoms with E-state index in [1.807, 2.05) is 24.3 Å². The zero-order valence-electron chi connectivity index (χ0n) is 14.6.